The summed E-state index contributed by atoms with van der Waals surface area (Å²) in [5.41, 5.74) is 2.61. The van der Waals surface area contributed by atoms with Crippen molar-refractivity contribution >= 4 is 50.2 Å². The van der Waals surface area contributed by atoms with Gasteiger partial charge in [-0.2, -0.15) is 0 Å². The first-order valence-electron chi connectivity index (χ1n) is 7.98. The lowest BCUT2D eigenvalue weighted by molar-refractivity contribution is -0.113. The number of aryl methyl sites for hydroxylation is 1. The number of ether oxygens (including phenoxy) is 2. The number of rotatable bonds is 4. The third-order valence-corrected chi connectivity index (χ3v) is 5.73. The van der Waals surface area contributed by atoms with E-state index in [0.29, 0.717) is 5.75 Å². The summed E-state index contributed by atoms with van der Waals surface area (Å²) in [6.45, 7) is 2.23. The molecule has 4 rings (SSSR count). The van der Waals surface area contributed by atoms with E-state index in [4.69, 9.17) is 9.47 Å². The molecule has 132 valence electrons. The lowest BCUT2D eigenvalue weighted by Crippen LogP contribution is -2.14. The molecule has 1 aromatic heterocycles. The second-order valence-electron chi connectivity index (χ2n) is 5.83. The Labute approximate surface area is 163 Å². The minimum Gasteiger partial charge on any atom is -0.454 e. The third kappa shape index (κ3) is 3.50. The Morgan fingerprint density at radius 1 is 1.23 bits per heavy atom. The predicted molar refractivity (Wildman–Crippen MR) is 106 cm³/mol. The Bertz CT molecular complexity index is 1010. The second kappa shape index (κ2) is 7.17. The van der Waals surface area contributed by atoms with Gasteiger partial charge in [0.05, 0.1) is 17.0 Å². The van der Waals surface area contributed by atoms with E-state index in [2.05, 4.69) is 32.3 Å². The molecular formula is C19H15BrN2O3S. The average molecular weight is 431 g/mol. The maximum Gasteiger partial charge on any atom is 0.234 e. The Morgan fingerprint density at radius 3 is 2.81 bits per heavy atom. The van der Waals surface area contributed by atoms with Crippen molar-refractivity contribution in [2.24, 2.45) is 0 Å². The van der Waals surface area contributed by atoms with Crippen molar-refractivity contribution in [1.82, 2.24) is 4.98 Å². The summed E-state index contributed by atoms with van der Waals surface area (Å²) in [6.07, 6.45) is 0. The first kappa shape index (κ1) is 17.2. The number of pyridine rings is 1. The lowest BCUT2D eigenvalue weighted by atomic mass is 10.1. The predicted octanol–water partition coefficient (Wildman–Crippen LogP) is 4.77. The van der Waals surface area contributed by atoms with Gasteiger partial charge in [0.25, 0.3) is 0 Å². The van der Waals surface area contributed by atoms with Crippen LogP contribution < -0.4 is 14.8 Å². The molecule has 0 saturated carbocycles. The number of anilines is 1. The van der Waals surface area contributed by atoms with Gasteiger partial charge in [0, 0.05) is 15.9 Å². The summed E-state index contributed by atoms with van der Waals surface area (Å²) < 4.78 is 11.7. The molecule has 0 bridgehead atoms. The number of carbonyl (C=O) groups is 1. The molecule has 3 aromatic rings. The molecule has 0 aliphatic carbocycles. The molecule has 2 aromatic carbocycles. The zero-order valence-electron chi connectivity index (χ0n) is 13.9. The smallest absolute Gasteiger partial charge is 0.234 e. The summed E-state index contributed by atoms with van der Waals surface area (Å²) in [4.78, 5) is 16.9. The third-order valence-electron chi connectivity index (χ3n) is 3.94. The maximum absolute atomic E-state index is 12.2. The summed E-state index contributed by atoms with van der Waals surface area (Å²) >= 11 is 4.85. The molecule has 0 spiro atoms. The lowest BCUT2D eigenvalue weighted by Gasteiger charge is -2.09. The van der Waals surface area contributed by atoms with Gasteiger partial charge >= 0.3 is 0 Å². The zero-order chi connectivity index (χ0) is 18.1. The number of carbonyl (C=O) groups excluding carboxylic acids is 1. The number of hydrogen-bond donors (Lipinski definition) is 1. The van der Waals surface area contributed by atoms with Crippen molar-refractivity contribution in [2.75, 3.05) is 17.9 Å². The first-order chi connectivity index (χ1) is 12.6. The number of nitrogens with zero attached hydrogens (tertiary/aromatic N) is 1. The normalized spacial score (nSPS) is 12.4. The highest BCUT2D eigenvalue weighted by Gasteiger charge is 2.16. The molecule has 0 saturated heterocycles. The molecule has 7 heteroatoms. The highest BCUT2D eigenvalue weighted by atomic mass is 79.9. The van der Waals surface area contributed by atoms with Crippen LogP contribution in [0.2, 0.25) is 0 Å². The van der Waals surface area contributed by atoms with Crippen LogP contribution in [0, 0.1) is 6.92 Å². The highest BCUT2D eigenvalue weighted by molar-refractivity contribution is 9.10. The van der Waals surface area contributed by atoms with Crippen LogP contribution in [0.15, 0.2) is 52.0 Å². The van der Waals surface area contributed by atoms with E-state index in [-0.39, 0.29) is 18.5 Å². The number of thioether (sulfide) groups is 1. The minimum atomic E-state index is -0.0751. The van der Waals surface area contributed by atoms with Crippen molar-refractivity contribution in [1.29, 1.82) is 0 Å². The van der Waals surface area contributed by atoms with Gasteiger partial charge in [-0.3, -0.25) is 4.79 Å². The van der Waals surface area contributed by atoms with E-state index < -0.39 is 0 Å². The molecule has 1 N–H and O–H groups in total. The number of hydrogen-bond acceptors (Lipinski definition) is 5. The number of aromatic nitrogens is 1. The van der Waals surface area contributed by atoms with E-state index in [9.17, 15) is 4.79 Å². The van der Waals surface area contributed by atoms with Gasteiger partial charge in [0.2, 0.25) is 12.7 Å². The first-order valence-corrected chi connectivity index (χ1v) is 9.76. The molecule has 1 amide bonds. The number of amides is 1. The van der Waals surface area contributed by atoms with Crippen molar-refractivity contribution < 1.29 is 14.3 Å². The molecule has 0 radical (unpaired) electrons. The van der Waals surface area contributed by atoms with Crippen molar-refractivity contribution in [2.45, 2.75) is 11.9 Å². The Kier molecular flexibility index (Phi) is 4.74. The minimum absolute atomic E-state index is 0.0751. The van der Waals surface area contributed by atoms with Gasteiger partial charge in [0.15, 0.2) is 11.5 Å². The van der Waals surface area contributed by atoms with Crippen LogP contribution in [0.1, 0.15) is 5.56 Å². The van der Waals surface area contributed by atoms with Crippen LogP contribution in [0.5, 0.6) is 11.5 Å². The van der Waals surface area contributed by atoms with Crippen LogP contribution in [-0.4, -0.2) is 23.4 Å². The summed E-state index contributed by atoms with van der Waals surface area (Å²) in [5.74, 6) is 1.66. The van der Waals surface area contributed by atoms with Gasteiger partial charge in [-0.15, -0.1) is 0 Å². The van der Waals surface area contributed by atoms with E-state index >= 15 is 0 Å². The van der Waals surface area contributed by atoms with E-state index in [1.54, 1.807) is 0 Å². The van der Waals surface area contributed by atoms with Gasteiger partial charge < -0.3 is 14.8 Å². The average Bonchev–Trinajstić information content (AvgIpc) is 3.07. The van der Waals surface area contributed by atoms with E-state index in [1.807, 2.05) is 43.3 Å². The molecular weight excluding hydrogens is 416 g/mol. The SMILES string of the molecule is Cc1cc2cc3c(cc2nc1SCC(=O)Nc1ccccc1Br)OCO3. The quantitative estimate of drug-likeness (QED) is 0.604. The number of nitrogens with one attached hydrogen (secondary N) is 1. The van der Waals surface area contributed by atoms with Gasteiger partial charge in [0.1, 0.15) is 5.03 Å². The Hall–Kier alpha value is -2.25. The van der Waals surface area contributed by atoms with Crippen molar-refractivity contribution in [3.05, 3.63) is 52.5 Å². The standard InChI is InChI=1S/C19H15BrN2O3S/c1-11-6-12-7-16-17(25-10-24-16)8-15(12)22-19(11)26-9-18(23)21-14-5-3-2-4-13(14)20/h2-8H,9-10H2,1H3,(H,21,23). The van der Waals surface area contributed by atoms with Gasteiger partial charge in [-0.1, -0.05) is 23.9 Å². The van der Waals surface area contributed by atoms with Crippen molar-refractivity contribution in [3.8, 4) is 11.5 Å². The Morgan fingerprint density at radius 2 is 2.00 bits per heavy atom. The number of para-hydroxylation sites is 1. The number of benzene rings is 2. The largest absolute Gasteiger partial charge is 0.454 e. The van der Waals surface area contributed by atoms with E-state index in [1.165, 1.54) is 11.8 Å². The summed E-state index contributed by atoms with van der Waals surface area (Å²) in [6, 6.07) is 13.4. The van der Waals surface area contributed by atoms with E-state index in [0.717, 1.165) is 37.4 Å². The molecule has 5 nitrogen and oxygen atoms in total. The molecule has 0 unspecified atom stereocenters. The molecule has 0 atom stereocenters. The van der Waals surface area contributed by atoms with Crippen LogP contribution in [0.3, 0.4) is 0 Å². The van der Waals surface area contributed by atoms with Crippen LogP contribution in [0.25, 0.3) is 10.9 Å². The van der Waals surface area contributed by atoms with Crippen LogP contribution in [0.4, 0.5) is 5.69 Å². The van der Waals surface area contributed by atoms with Gasteiger partial charge in [-0.05, 0) is 52.7 Å². The van der Waals surface area contributed by atoms with Crippen molar-refractivity contribution in [3.63, 3.8) is 0 Å². The topological polar surface area (TPSA) is 60.5 Å². The molecule has 1 aliphatic rings. The summed E-state index contributed by atoms with van der Waals surface area (Å²) in [7, 11) is 0. The molecule has 0 fully saturated rings. The van der Waals surface area contributed by atoms with Gasteiger partial charge in [-0.25, -0.2) is 4.98 Å². The second-order valence-corrected chi connectivity index (χ2v) is 7.64. The van der Waals surface area contributed by atoms with Crippen LogP contribution >= 0.6 is 27.7 Å². The summed E-state index contributed by atoms with van der Waals surface area (Å²) in [5, 5.41) is 4.73. The van der Waals surface area contributed by atoms with Crippen LogP contribution in [-0.2, 0) is 4.79 Å². The zero-order valence-corrected chi connectivity index (χ0v) is 16.3. The fraction of sp³-hybridized carbons (Fsp3) is 0.158. The molecule has 26 heavy (non-hydrogen) atoms. The fourth-order valence-electron chi connectivity index (χ4n) is 2.68. The Balaban J connectivity index is 1.50. The number of fused-ring (bicyclic) bond motifs is 2. The fourth-order valence-corrected chi connectivity index (χ4v) is 3.85. The number of halogens is 1. The monoisotopic (exact) mass is 430 g/mol. The maximum atomic E-state index is 12.2. The highest BCUT2D eigenvalue weighted by Crippen LogP contribution is 2.36. The molecule has 2 heterocycles. The molecule has 1 aliphatic heterocycles.